The van der Waals surface area contributed by atoms with Gasteiger partial charge in [0.2, 0.25) is 0 Å². The summed E-state index contributed by atoms with van der Waals surface area (Å²) >= 11 is 0. The molecule has 0 fully saturated rings. The average molecular weight is 190 g/mol. The summed E-state index contributed by atoms with van der Waals surface area (Å²) in [4.78, 5) is 4.33. The van der Waals surface area contributed by atoms with Crippen molar-refractivity contribution in [2.24, 2.45) is 12.8 Å². The van der Waals surface area contributed by atoms with Crippen molar-refractivity contribution in [3.63, 3.8) is 0 Å². The van der Waals surface area contributed by atoms with Crippen molar-refractivity contribution in [3.8, 4) is 0 Å². The molecular formula is C10H14N4. The number of fused-ring (bicyclic) bond motifs is 1. The first kappa shape index (κ1) is 9.02. The van der Waals surface area contributed by atoms with E-state index in [4.69, 9.17) is 5.73 Å². The molecule has 4 nitrogen and oxygen atoms in total. The molecular weight excluding hydrogens is 176 g/mol. The van der Waals surface area contributed by atoms with Crippen LogP contribution in [0.5, 0.6) is 0 Å². The van der Waals surface area contributed by atoms with Crippen LogP contribution in [0.1, 0.15) is 5.56 Å². The number of aryl methyl sites for hydroxylation is 1. The van der Waals surface area contributed by atoms with Gasteiger partial charge in [0.05, 0.1) is 0 Å². The molecule has 74 valence electrons. The molecule has 14 heavy (non-hydrogen) atoms. The number of anilines is 1. The molecule has 3 N–H and O–H groups in total. The van der Waals surface area contributed by atoms with Crippen molar-refractivity contribution in [2.45, 2.75) is 6.54 Å². The van der Waals surface area contributed by atoms with Crippen LogP contribution in [-0.2, 0) is 13.6 Å². The van der Waals surface area contributed by atoms with Crippen LogP contribution in [0, 0.1) is 0 Å². The number of nitrogens with two attached hydrogens (primary N) is 1. The third kappa shape index (κ3) is 1.15. The maximum Gasteiger partial charge on any atom is 0.141 e. The Morgan fingerprint density at radius 2 is 2.36 bits per heavy atom. The molecule has 0 aliphatic heterocycles. The van der Waals surface area contributed by atoms with Crippen molar-refractivity contribution in [2.75, 3.05) is 12.4 Å². The molecule has 0 spiro atoms. The monoisotopic (exact) mass is 190 g/mol. The Morgan fingerprint density at radius 3 is 3.00 bits per heavy atom. The lowest BCUT2D eigenvalue weighted by Crippen LogP contribution is -1.97. The van der Waals surface area contributed by atoms with Gasteiger partial charge in [0, 0.05) is 44.1 Å². The largest absolute Gasteiger partial charge is 0.387 e. The quantitative estimate of drug-likeness (QED) is 0.745. The van der Waals surface area contributed by atoms with Gasteiger partial charge in [-0.05, 0) is 11.6 Å². The summed E-state index contributed by atoms with van der Waals surface area (Å²) in [5, 5.41) is 4.27. The van der Waals surface area contributed by atoms with Crippen LogP contribution in [-0.4, -0.2) is 16.6 Å². The summed E-state index contributed by atoms with van der Waals surface area (Å²) in [6.07, 6.45) is 3.83. The molecule has 2 rings (SSSR count). The van der Waals surface area contributed by atoms with Gasteiger partial charge >= 0.3 is 0 Å². The molecule has 2 aromatic heterocycles. The van der Waals surface area contributed by atoms with E-state index in [-0.39, 0.29) is 0 Å². The lowest BCUT2D eigenvalue weighted by Gasteiger charge is -2.03. The number of rotatable bonds is 2. The van der Waals surface area contributed by atoms with Gasteiger partial charge in [-0.1, -0.05) is 0 Å². The van der Waals surface area contributed by atoms with Gasteiger partial charge in [0.15, 0.2) is 0 Å². The van der Waals surface area contributed by atoms with Gasteiger partial charge in [0.1, 0.15) is 5.65 Å². The van der Waals surface area contributed by atoms with E-state index >= 15 is 0 Å². The molecule has 2 aromatic rings. The number of nitrogens with zero attached hydrogens (tertiary/aromatic N) is 2. The number of hydrogen-bond donors (Lipinski definition) is 2. The van der Waals surface area contributed by atoms with Crippen LogP contribution in [0.3, 0.4) is 0 Å². The van der Waals surface area contributed by atoms with Crippen molar-refractivity contribution >= 4 is 16.7 Å². The van der Waals surface area contributed by atoms with Gasteiger partial charge < -0.3 is 15.6 Å². The summed E-state index contributed by atoms with van der Waals surface area (Å²) in [7, 11) is 3.88. The van der Waals surface area contributed by atoms with E-state index in [0.717, 1.165) is 22.3 Å². The highest BCUT2D eigenvalue weighted by Crippen LogP contribution is 2.25. The Balaban J connectivity index is 2.82. The number of nitrogens with one attached hydrogen (secondary N) is 1. The molecule has 0 atom stereocenters. The van der Waals surface area contributed by atoms with Crippen LogP contribution in [0.15, 0.2) is 18.5 Å². The van der Waals surface area contributed by atoms with E-state index in [9.17, 15) is 0 Å². The summed E-state index contributed by atoms with van der Waals surface area (Å²) in [6, 6.07) is 1.96. The highest BCUT2D eigenvalue weighted by molar-refractivity contribution is 5.92. The minimum atomic E-state index is 0.539. The van der Waals surface area contributed by atoms with E-state index in [1.807, 2.05) is 30.9 Å². The molecule has 0 unspecified atom stereocenters. The minimum absolute atomic E-state index is 0.539. The maximum atomic E-state index is 5.68. The molecule has 0 saturated heterocycles. The van der Waals surface area contributed by atoms with E-state index in [1.54, 1.807) is 6.20 Å². The predicted molar refractivity (Wildman–Crippen MR) is 58.2 cm³/mol. The number of pyridine rings is 1. The van der Waals surface area contributed by atoms with Gasteiger partial charge in [-0.3, -0.25) is 0 Å². The summed E-state index contributed by atoms with van der Waals surface area (Å²) in [5.41, 5.74) is 8.86. The SMILES string of the molecule is CNc1ccnc2c1c(CN)cn2C. The molecule has 0 aromatic carbocycles. The molecule has 0 amide bonds. The molecule has 0 saturated carbocycles. The molecule has 2 heterocycles. The summed E-state index contributed by atoms with van der Waals surface area (Å²) in [5.74, 6) is 0. The van der Waals surface area contributed by atoms with Crippen molar-refractivity contribution in [1.29, 1.82) is 0 Å². The third-order valence-corrected chi connectivity index (χ3v) is 2.42. The molecule has 0 aliphatic rings. The van der Waals surface area contributed by atoms with Crippen molar-refractivity contribution in [3.05, 3.63) is 24.0 Å². The Hall–Kier alpha value is -1.55. The van der Waals surface area contributed by atoms with Crippen LogP contribution in [0.4, 0.5) is 5.69 Å². The van der Waals surface area contributed by atoms with E-state index in [0.29, 0.717) is 6.54 Å². The lowest BCUT2D eigenvalue weighted by molar-refractivity contribution is 0.933. The van der Waals surface area contributed by atoms with E-state index in [1.165, 1.54) is 0 Å². The Bertz CT molecular complexity index is 458. The molecule has 0 aliphatic carbocycles. The lowest BCUT2D eigenvalue weighted by atomic mass is 10.2. The normalized spacial score (nSPS) is 10.8. The first-order valence-corrected chi connectivity index (χ1v) is 4.58. The summed E-state index contributed by atoms with van der Waals surface area (Å²) < 4.78 is 2.00. The fourth-order valence-corrected chi connectivity index (χ4v) is 1.76. The average Bonchev–Trinajstić information content (AvgIpc) is 2.56. The van der Waals surface area contributed by atoms with Crippen LogP contribution in [0.2, 0.25) is 0 Å². The minimum Gasteiger partial charge on any atom is -0.387 e. The zero-order chi connectivity index (χ0) is 10.1. The van der Waals surface area contributed by atoms with E-state index in [2.05, 4.69) is 10.3 Å². The van der Waals surface area contributed by atoms with Gasteiger partial charge in [-0.15, -0.1) is 0 Å². The highest BCUT2D eigenvalue weighted by Gasteiger charge is 2.09. The third-order valence-electron chi connectivity index (χ3n) is 2.42. The second-order valence-electron chi connectivity index (χ2n) is 3.28. The zero-order valence-electron chi connectivity index (χ0n) is 8.41. The van der Waals surface area contributed by atoms with Gasteiger partial charge in [-0.2, -0.15) is 0 Å². The highest BCUT2D eigenvalue weighted by atomic mass is 15.0. The molecule has 0 bridgehead atoms. The summed E-state index contributed by atoms with van der Waals surface area (Å²) in [6.45, 7) is 0.539. The number of aromatic nitrogens is 2. The first-order valence-electron chi connectivity index (χ1n) is 4.58. The molecule has 0 radical (unpaired) electrons. The van der Waals surface area contributed by atoms with Gasteiger partial charge in [0.25, 0.3) is 0 Å². The number of hydrogen-bond acceptors (Lipinski definition) is 3. The van der Waals surface area contributed by atoms with Crippen molar-refractivity contribution in [1.82, 2.24) is 9.55 Å². The van der Waals surface area contributed by atoms with Gasteiger partial charge in [-0.25, -0.2) is 4.98 Å². The van der Waals surface area contributed by atoms with E-state index < -0.39 is 0 Å². The Morgan fingerprint density at radius 1 is 1.57 bits per heavy atom. The zero-order valence-corrected chi connectivity index (χ0v) is 8.41. The Labute approximate surface area is 82.7 Å². The fourth-order valence-electron chi connectivity index (χ4n) is 1.76. The second kappa shape index (κ2) is 3.31. The topological polar surface area (TPSA) is 55.9 Å². The van der Waals surface area contributed by atoms with Crippen LogP contribution >= 0.6 is 0 Å². The maximum absolute atomic E-state index is 5.68. The Kier molecular flexibility index (Phi) is 2.13. The van der Waals surface area contributed by atoms with Crippen LogP contribution < -0.4 is 11.1 Å². The fraction of sp³-hybridized carbons (Fsp3) is 0.300. The first-order chi connectivity index (χ1) is 6.77. The standard InChI is InChI=1S/C10H14N4/c1-12-8-3-4-13-10-9(8)7(5-11)6-14(10)2/h3-4,6H,5,11H2,1-2H3,(H,12,13). The molecule has 4 heteroatoms. The second-order valence-corrected chi connectivity index (χ2v) is 3.28. The van der Waals surface area contributed by atoms with Crippen molar-refractivity contribution < 1.29 is 0 Å². The predicted octanol–water partition coefficient (Wildman–Crippen LogP) is 1.07. The smallest absolute Gasteiger partial charge is 0.141 e. The van der Waals surface area contributed by atoms with Crippen LogP contribution in [0.25, 0.3) is 11.0 Å².